The minimum atomic E-state index is -0.362. The Kier molecular flexibility index (Phi) is 4.49. The maximum atomic E-state index is 12.7. The van der Waals surface area contributed by atoms with Crippen LogP contribution < -0.4 is 10.2 Å². The van der Waals surface area contributed by atoms with Gasteiger partial charge < -0.3 is 19.9 Å². The molecule has 1 atom stereocenters. The Balaban J connectivity index is 1.76. The van der Waals surface area contributed by atoms with E-state index in [9.17, 15) is 9.59 Å². The average Bonchev–Trinajstić information content (AvgIpc) is 2.92. The van der Waals surface area contributed by atoms with Crippen molar-refractivity contribution in [1.29, 1.82) is 0 Å². The first-order chi connectivity index (χ1) is 11.4. The lowest BCUT2D eigenvalue weighted by Gasteiger charge is -2.41. The molecule has 3 rings (SSSR count). The molecule has 6 heteroatoms. The molecule has 1 aromatic rings. The average molecular weight is 331 g/mol. The summed E-state index contributed by atoms with van der Waals surface area (Å²) in [6, 6.07) is 7.32. The maximum Gasteiger partial charge on any atom is 0.322 e. The van der Waals surface area contributed by atoms with E-state index in [1.807, 2.05) is 45.0 Å². The molecule has 0 spiro atoms. The van der Waals surface area contributed by atoms with Crippen LogP contribution in [0.25, 0.3) is 0 Å². The first kappa shape index (κ1) is 16.8. The number of anilines is 2. The van der Waals surface area contributed by atoms with Crippen LogP contribution in [-0.4, -0.2) is 48.2 Å². The zero-order chi connectivity index (χ0) is 17.3. The molecule has 0 aromatic heterocycles. The highest BCUT2D eigenvalue weighted by Crippen LogP contribution is 2.30. The summed E-state index contributed by atoms with van der Waals surface area (Å²) in [4.78, 5) is 28.3. The fourth-order valence-corrected chi connectivity index (χ4v) is 3.52. The van der Waals surface area contributed by atoms with Crippen molar-refractivity contribution in [2.24, 2.45) is 0 Å². The van der Waals surface area contributed by atoms with Crippen LogP contribution in [0.4, 0.5) is 16.2 Å². The second-order valence-corrected chi connectivity index (χ2v) is 7.16. The van der Waals surface area contributed by atoms with Crippen molar-refractivity contribution in [2.75, 3.05) is 29.9 Å². The van der Waals surface area contributed by atoms with Crippen LogP contribution in [0.3, 0.4) is 0 Å². The van der Waals surface area contributed by atoms with Crippen LogP contribution in [0, 0.1) is 0 Å². The lowest BCUT2D eigenvalue weighted by molar-refractivity contribution is -0.117. The lowest BCUT2D eigenvalue weighted by atomic mass is 10.1. The summed E-state index contributed by atoms with van der Waals surface area (Å²) in [6.45, 7) is 7.74. The second-order valence-electron chi connectivity index (χ2n) is 7.16. The number of hydrogen-bond donors (Lipinski definition) is 1. The lowest BCUT2D eigenvalue weighted by Crippen LogP contribution is -2.54. The standard InChI is InChI=1S/C18H25N3O3/c1-13-11-20(12-18(2,3)24-13)17(23)19-14-7-4-5-8-15(14)21-10-6-9-16(21)22/h4-5,7-8,13H,6,9-12H2,1-3H3,(H,19,23). The van der Waals surface area contributed by atoms with E-state index in [4.69, 9.17) is 4.74 Å². The van der Waals surface area contributed by atoms with Gasteiger partial charge in [-0.2, -0.15) is 0 Å². The maximum absolute atomic E-state index is 12.7. The van der Waals surface area contributed by atoms with E-state index in [0.29, 0.717) is 31.7 Å². The van der Waals surface area contributed by atoms with E-state index in [1.165, 1.54) is 0 Å². The van der Waals surface area contributed by atoms with Crippen LogP contribution >= 0.6 is 0 Å². The number of para-hydroxylation sites is 2. The molecule has 1 N–H and O–H groups in total. The van der Waals surface area contributed by atoms with Crippen molar-refractivity contribution < 1.29 is 14.3 Å². The molecule has 2 heterocycles. The predicted octanol–water partition coefficient (Wildman–Crippen LogP) is 2.84. The third-order valence-corrected chi connectivity index (χ3v) is 4.37. The minimum absolute atomic E-state index is 0.00472. The van der Waals surface area contributed by atoms with Gasteiger partial charge in [-0.25, -0.2) is 4.79 Å². The summed E-state index contributed by atoms with van der Waals surface area (Å²) in [5.74, 6) is 0.109. The van der Waals surface area contributed by atoms with Crippen molar-refractivity contribution >= 4 is 23.3 Å². The number of carbonyl (C=O) groups is 2. The molecule has 1 aromatic carbocycles. The highest BCUT2D eigenvalue weighted by Gasteiger charge is 2.34. The van der Waals surface area contributed by atoms with Gasteiger partial charge in [0.25, 0.3) is 0 Å². The second kappa shape index (κ2) is 6.43. The van der Waals surface area contributed by atoms with E-state index in [2.05, 4.69) is 5.32 Å². The number of hydrogen-bond acceptors (Lipinski definition) is 3. The number of morpholine rings is 1. The van der Waals surface area contributed by atoms with Crippen molar-refractivity contribution in [2.45, 2.75) is 45.3 Å². The van der Waals surface area contributed by atoms with Crippen LogP contribution in [0.15, 0.2) is 24.3 Å². The number of ether oxygens (including phenoxy) is 1. The molecule has 2 aliphatic rings. The Hall–Kier alpha value is -2.08. The van der Waals surface area contributed by atoms with Gasteiger partial charge in [-0.15, -0.1) is 0 Å². The molecule has 0 saturated carbocycles. The summed E-state index contributed by atoms with van der Waals surface area (Å²) in [5.41, 5.74) is 1.09. The van der Waals surface area contributed by atoms with Gasteiger partial charge in [0.1, 0.15) is 0 Å². The summed E-state index contributed by atoms with van der Waals surface area (Å²) in [7, 11) is 0. The molecule has 2 saturated heterocycles. The third-order valence-electron chi connectivity index (χ3n) is 4.37. The Labute approximate surface area is 142 Å². The Morgan fingerprint density at radius 1 is 1.33 bits per heavy atom. The van der Waals surface area contributed by atoms with E-state index in [1.54, 1.807) is 9.80 Å². The molecule has 0 bridgehead atoms. The van der Waals surface area contributed by atoms with E-state index < -0.39 is 0 Å². The number of carbonyl (C=O) groups excluding carboxylic acids is 2. The van der Waals surface area contributed by atoms with Crippen LogP contribution in [0.5, 0.6) is 0 Å². The van der Waals surface area contributed by atoms with Gasteiger partial charge in [0.15, 0.2) is 0 Å². The van der Waals surface area contributed by atoms with E-state index in [-0.39, 0.29) is 23.6 Å². The third kappa shape index (κ3) is 3.53. The SMILES string of the molecule is CC1CN(C(=O)Nc2ccccc2N2CCCC2=O)CC(C)(C)O1. The van der Waals surface area contributed by atoms with Crippen molar-refractivity contribution in [3.05, 3.63) is 24.3 Å². The molecule has 24 heavy (non-hydrogen) atoms. The number of benzene rings is 1. The van der Waals surface area contributed by atoms with Gasteiger partial charge in [-0.1, -0.05) is 12.1 Å². The Morgan fingerprint density at radius 3 is 2.75 bits per heavy atom. The predicted molar refractivity (Wildman–Crippen MR) is 93.2 cm³/mol. The van der Waals surface area contributed by atoms with Crippen molar-refractivity contribution in [3.8, 4) is 0 Å². The summed E-state index contributed by atoms with van der Waals surface area (Å²) >= 11 is 0. The van der Waals surface area contributed by atoms with E-state index >= 15 is 0 Å². The molecule has 2 aliphatic heterocycles. The highest BCUT2D eigenvalue weighted by molar-refractivity contribution is 6.01. The smallest absolute Gasteiger partial charge is 0.322 e. The largest absolute Gasteiger partial charge is 0.369 e. The number of amides is 3. The Morgan fingerprint density at radius 2 is 2.08 bits per heavy atom. The number of nitrogens with zero attached hydrogens (tertiary/aromatic N) is 2. The molecule has 130 valence electrons. The van der Waals surface area contributed by atoms with Gasteiger partial charge in [0.2, 0.25) is 5.91 Å². The van der Waals surface area contributed by atoms with Crippen LogP contribution in [0.2, 0.25) is 0 Å². The molecular formula is C18H25N3O3. The van der Waals surface area contributed by atoms with E-state index in [0.717, 1.165) is 12.1 Å². The van der Waals surface area contributed by atoms with Gasteiger partial charge in [-0.3, -0.25) is 4.79 Å². The van der Waals surface area contributed by atoms with Gasteiger partial charge >= 0.3 is 6.03 Å². The number of urea groups is 1. The van der Waals surface area contributed by atoms with Gasteiger partial charge in [0.05, 0.1) is 29.6 Å². The fourth-order valence-electron chi connectivity index (χ4n) is 3.52. The Bertz CT molecular complexity index is 644. The molecule has 2 fully saturated rings. The molecular weight excluding hydrogens is 306 g/mol. The molecule has 6 nitrogen and oxygen atoms in total. The van der Waals surface area contributed by atoms with Crippen molar-refractivity contribution in [3.63, 3.8) is 0 Å². The molecule has 1 unspecified atom stereocenters. The number of rotatable bonds is 2. The van der Waals surface area contributed by atoms with Crippen molar-refractivity contribution in [1.82, 2.24) is 4.90 Å². The fraction of sp³-hybridized carbons (Fsp3) is 0.556. The summed E-state index contributed by atoms with van der Waals surface area (Å²) in [5, 5.41) is 2.97. The van der Waals surface area contributed by atoms with Crippen LogP contribution in [0.1, 0.15) is 33.6 Å². The van der Waals surface area contributed by atoms with Crippen LogP contribution in [-0.2, 0) is 9.53 Å². The minimum Gasteiger partial charge on any atom is -0.369 e. The monoisotopic (exact) mass is 331 g/mol. The zero-order valence-electron chi connectivity index (χ0n) is 14.5. The molecule has 0 aliphatic carbocycles. The normalized spacial score (nSPS) is 23.5. The molecule has 0 radical (unpaired) electrons. The topological polar surface area (TPSA) is 61.9 Å². The summed E-state index contributed by atoms with van der Waals surface area (Å²) < 4.78 is 5.85. The highest BCUT2D eigenvalue weighted by atomic mass is 16.5. The summed E-state index contributed by atoms with van der Waals surface area (Å²) in [6.07, 6.45) is 1.42. The van der Waals surface area contributed by atoms with Gasteiger partial charge in [0, 0.05) is 19.5 Å². The first-order valence-electron chi connectivity index (χ1n) is 8.49. The quantitative estimate of drug-likeness (QED) is 0.906. The first-order valence-corrected chi connectivity index (χ1v) is 8.49. The number of nitrogens with one attached hydrogen (secondary N) is 1. The van der Waals surface area contributed by atoms with Gasteiger partial charge in [-0.05, 0) is 39.3 Å². The zero-order valence-corrected chi connectivity index (χ0v) is 14.5. The molecule has 3 amide bonds.